The van der Waals surface area contributed by atoms with Gasteiger partial charge in [0, 0.05) is 0 Å². The second-order valence-corrected chi connectivity index (χ2v) is 5.41. The minimum absolute atomic E-state index is 0.226. The van der Waals surface area contributed by atoms with Gasteiger partial charge >= 0.3 is 5.97 Å². The van der Waals surface area contributed by atoms with Crippen molar-refractivity contribution in [1.29, 1.82) is 0 Å². The van der Waals surface area contributed by atoms with Crippen LogP contribution in [0.1, 0.15) is 39.7 Å². The van der Waals surface area contributed by atoms with Gasteiger partial charge in [-0.1, -0.05) is 43.3 Å². The van der Waals surface area contributed by atoms with Crippen LogP contribution in [0.15, 0.2) is 48.2 Å². The molecule has 0 aliphatic heterocycles. The molecule has 0 amide bonds. The summed E-state index contributed by atoms with van der Waals surface area (Å²) in [4.78, 5) is 11.9. The van der Waals surface area contributed by atoms with E-state index in [9.17, 15) is 4.79 Å². The molecule has 0 spiro atoms. The molecule has 0 unspecified atom stereocenters. The number of carbonyl (C=O) groups excluding carboxylic acids is 1. The van der Waals surface area contributed by atoms with Gasteiger partial charge in [-0.25, -0.2) is 0 Å². The fourth-order valence-electron chi connectivity index (χ4n) is 1.32. The van der Waals surface area contributed by atoms with Gasteiger partial charge in [0.15, 0.2) is 0 Å². The number of esters is 1. The molecule has 102 valence electrons. The van der Waals surface area contributed by atoms with Crippen LogP contribution in [0.5, 0.6) is 0 Å². The van der Waals surface area contributed by atoms with Crippen molar-refractivity contribution in [3.05, 3.63) is 53.8 Å². The van der Waals surface area contributed by atoms with E-state index in [1.165, 1.54) is 0 Å². The molecule has 0 bridgehead atoms. The standard InChI is InChI=1S/C17H22O2/c1-5-6-12-15(19-16(18)17(2,3)4)13-14-10-8-7-9-11-14/h6-13H,5H2,1-4H3/b12-6+,15-13-. The first kappa shape index (κ1) is 15.2. The van der Waals surface area contributed by atoms with Gasteiger partial charge in [-0.05, 0) is 44.9 Å². The summed E-state index contributed by atoms with van der Waals surface area (Å²) in [5.41, 5.74) is 0.510. The normalized spacial score (nSPS) is 12.7. The van der Waals surface area contributed by atoms with Gasteiger partial charge in [0.25, 0.3) is 0 Å². The zero-order chi connectivity index (χ0) is 14.3. The van der Waals surface area contributed by atoms with Crippen molar-refractivity contribution < 1.29 is 9.53 Å². The zero-order valence-electron chi connectivity index (χ0n) is 12.1. The fourth-order valence-corrected chi connectivity index (χ4v) is 1.32. The van der Waals surface area contributed by atoms with E-state index < -0.39 is 5.41 Å². The Morgan fingerprint density at radius 1 is 1.21 bits per heavy atom. The molecule has 1 aromatic rings. The summed E-state index contributed by atoms with van der Waals surface area (Å²) in [5.74, 6) is 0.350. The molecular weight excluding hydrogens is 236 g/mol. The topological polar surface area (TPSA) is 26.3 Å². The van der Waals surface area contributed by atoms with Gasteiger partial charge in [-0.3, -0.25) is 4.79 Å². The molecule has 0 atom stereocenters. The highest BCUT2D eigenvalue weighted by atomic mass is 16.5. The van der Waals surface area contributed by atoms with Crippen LogP contribution in [0.25, 0.3) is 6.08 Å². The van der Waals surface area contributed by atoms with Gasteiger partial charge in [0.05, 0.1) is 5.41 Å². The third kappa shape index (κ3) is 5.56. The van der Waals surface area contributed by atoms with Crippen molar-refractivity contribution in [2.24, 2.45) is 5.41 Å². The van der Waals surface area contributed by atoms with E-state index in [4.69, 9.17) is 4.74 Å². The Hall–Kier alpha value is -1.83. The largest absolute Gasteiger partial charge is 0.426 e. The lowest BCUT2D eigenvalue weighted by molar-refractivity contribution is -0.147. The first-order valence-corrected chi connectivity index (χ1v) is 6.59. The average molecular weight is 258 g/mol. The third-order valence-electron chi connectivity index (χ3n) is 2.45. The Bertz CT molecular complexity index is 462. The molecule has 0 aromatic heterocycles. The Morgan fingerprint density at radius 3 is 2.37 bits per heavy atom. The van der Waals surface area contributed by atoms with Crippen LogP contribution in [-0.4, -0.2) is 5.97 Å². The van der Waals surface area contributed by atoms with Gasteiger partial charge in [-0.2, -0.15) is 0 Å². The Balaban J connectivity index is 2.93. The maximum atomic E-state index is 11.9. The molecule has 19 heavy (non-hydrogen) atoms. The van der Waals surface area contributed by atoms with Crippen molar-refractivity contribution in [3.63, 3.8) is 0 Å². The predicted molar refractivity (Wildman–Crippen MR) is 79.4 cm³/mol. The number of hydrogen-bond acceptors (Lipinski definition) is 2. The third-order valence-corrected chi connectivity index (χ3v) is 2.45. The zero-order valence-corrected chi connectivity index (χ0v) is 12.1. The summed E-state index contributed by atoms with van der Waals surface area (Å²) >= 11 is 0. The summed E-state index contributed by atoms with van der Waals surface area (Å²) in [6.45, 7) is 7.58. The van der Waals surface area contributed by atoms with Gasteiger partial charge in [-0.15, -0.1) is 0 Å². The second-order valence-electron chi connectivity index (χ2n) is 5.41. The quantitative estimate of drug-likeness (QED) is 0.449. The lowest BCUT2D eigenvalue weighted by Crippen LogP contribution is -2.22. The Kier molecular flexibility index (Phi) is 5.56. The van der Waals surface area contributed by atoms with E-state index in [1.54, 1.807) is 0 Å². The van der Waals surface area contributed by atoms with Crippen molar-refractivity contribution in [3.8, 4) is 0 Å². The predicted octanol–water partition coefficient (Wildman–Crippen LogP) is 4.58. The highest BCUT2D eigenvalue weighted by Gasteiger charge is 2.23. The molecule has 0 aliphatic carbocycles. The molecule has 0 heterocycles. The minimum atomic E-state index is -0.504. The summed E-state index contributed by atoms with van der Waals surface area (Å²) in [6.07, 6.45) is 6.59. The molecule has 1 aromatic carbocycles. The molecule has 0 fully saturated rings. The van der Waals surface area contributed by atoms with E-state index in [0.29, 0.717) is 5.76 Å². The van der Waals surface area contributed by atoms with Crippen molar-refractivity contribution in [1.82, 2.24) is 0 Å². The number of ether oxygens (including phenoxy) is 1. The summed E-state index contributed by atoms with van der Waals surface area (Å²) in [6, 6.07) is 9.83. The molecular formula is C17H22O2. The Labute approximate surface area is 115 Å². The number of rotatable bonds is 4. The van der Waals surface area contributed by atoms with Crippen LogP contribution in [0.3, 0.4) is 0 Å². The van der Waals surface area contributed by atoms with Gasteiger partial charge in [0.1, 0.15) is 5.76 Å². The highest BCUT2D eigenvalue weighted by Crippen LogP contribution is 2.19. The number of carbonyl (C=O) groups is 1. The summed E-state index contributed by atoms with van der Waals surface area (Å²) in [5, 5.41) is 0. The number of hydrogen-bond donors (Lipinski definition) is 0. The van der Waals surface area contributed by atoms with Gasteiger partial charge < -0.3 is 4.74 Å². The second kappa shape index (κ2) is 6.93. The van der Waals surface area contributed by atoms with Crippen LogP contribution in [0, 0.1) is 5.41 Å². The van der Waals surface area contributed by atoms with Crippen LogP contribution < -0.4 is 0 Å². The van der Waals surface area contributed by atoms with E-state index >= 15 is 0 Å². The van der Waals surface area contributed by atoms with Crippen molar-refractivity contribution >= 4 is 12.0 Å². The first-order chi connectivity index (χ1) is 8.93. The SMILES string of the molecule is CC/C=C/C(=C/c1ccccc1)OC(=O)C(C)(C)C. The Morgan fingerprint density at radius 2 is 1.84 bits per heavy atom. The fraction of sp³-hybridized carbons (Fsp3) is 0.353. The average Bonchev–Trinajstić information content (AvgIpc) is 2.36. The minimum Gasteiger partial charge on any atom is -0.426 e. The van der Waals surface area contributed by atoms with Crippen LogP contribution in [0.2, 0.25) is 0 Å². The lowest BCUT2D eigenvalue weighted by Gasteiger charge is -2.16. The summed E-state index contributed by atoms with van der Waals surface area (Å²) in [7, 11) is 0. The maximum absolute atomic E-state index is 11.9. The molecule has 0 radical (unpaired) electrons. The molecule has 2 heteroatoms. The van der Waals surface area contributed by atoms with E-state index in [0.717, 1.165) is 12.0 Å². The maximum Gasteiger partial charge on any atom is 0.316 e. The molecule has 2 nitrogen and oxygen atoms in total. The van der Waals surface area contributed by atoms with Crippen molar-refractivity contribution in [2.45, 2.75) is 34.1 Å². The van der Waals surface area contributed by atoms with E-state index in [-0.39, 0.29) is 5.97 Å². The van der Waals surface area contributed by atoms with Crippen molar-refractivity contribution in [2.75, 3.05) is 0 Å². The smallest absolute Gasteiger partial charge is 0.316 e. The first-order valence-electron chi connectivity index (χ1n) is 6.59. The molecule has 1 rings (SSSR count). The summed E-state index contributed by atoms with van der Waals surface area (Å²) < 4.78 is 5.46. The molecule has 0 aliphatic rings. The van der Waals surface area contributed by atoms with Crippen LogP contribution >= 0.6 is 0 Å². The molecule has 0 saturated heterocycles. The highest BCUT2D eigenvalue weighted by molar-refractivity contribution is 5.77. The lowest BCUT2D eigenvalue weighted by atomic mass is 9.97. The number of allylic oxidation sites excluding steroid dienone is 2. The monoisotopic (exact) mass is 258 g/mol. The van der Waals surface area contributed by atoms with E-state index in [2.05, 4.69) is 0 Å². The van der Waals surface area contributed by atoms with E-state index in [1.807, 2.05) is 76.3 Å². The van der Waals surface area contributed by atoms with Crippen LogP contribution in [0.4, 0.5) is 0 Å². The van der Waals surface area contributed by atoms with Gasteiger partial charge in [0.2, 0.25) is 0 Å². The molecule has 0 N–H and O–H groups in total. The number of benzene rings is 1. The molecule has 0 saturated carbocycles. The van der Waals surface area contributed by atoms with Crippen LogP contribution in [-0.2, 0) is 9.53 Å².